The smallest absolute Gasteiger partial charge is 0.323 e. The third kappa shape index (κ3) is 4.01. The molecule has 3 rings (SSSR count). The zero-order valence-electron chi connectivity index (χ0n) is 14.4. The first kappa shape index (κ1) is 17.9. The van der Waals surface area contributed by atoms with Crippen LogP contribution in [0, 0.1) is 0 Å². The average Bonchev–Trinajstić information content (AvgIpc) is 2.65. The quantitative estimate of drug-likeness (QED) is 0.784. The standard InChI is InChI=1S/C19H21N3O4/c1-22-16(11-23)18(26-12-17(22)24)13-7-9-15(10-8-13)21-19(25)20-14-5-3-2-4-6-14/h2-10,16,18,23H,11-12H2,1H3,(H2,20,21,25)/t16-,18-/m1/s1. The normalized spacial score (nSPS) is 19.9. The number of carbonyl (C=O) groups is 2. The number of nitrogens with one attached hydrogen (secondary N) is 2. The van der Waals surface area contributed by atoms with Crippen molar-refractivity contribution in [1.82, 2.24) is 4.90 Å². The number of ether oxygens (including phenoxy) is 1. The Morgan fingerprint density at radius 3 is 2.35 bits per heavy atom. The maximum atomic E-state index is 12.0. The molecule has 26 heavy (non-hydrogen) atoms. The summed E-state index contributed by atoms with van der Waals surface area (Å²) in [6.45, 7) is -0.205. The van der Waals surface area contributed by atoms with Crippen molar-refractivity contribution in [2.45, 2.75) is 12.1 Å². The first-order valence-corrected chi connectivity index (χ1v) is 8.29. The van der Waals surface area contributed by atoms with Gasteiger partial charge in [-0.25, -0.2) is 4.79 Å². The number of morpholine rings is 1. The van der Waals surface area contributed by atoms with E-state index in [0.29, 0.717) is 11.4 Å². The predicted molar refractivity (Wildman–Crippen MR) is 97.9 cm³/mol. The van der Waals surface area contributed by atoms with Crippen molar-refractivity contribution in [3.05, 3.63) is 60.2 Å². The maximum absolute atomic E-state index is 12.0. The first-order chi connectivity index (χ1) is 12.6. The van der Waals surface area contributed by atoms with Gasteiger partial charge in [-0.3, -0.25) is 4.79 Å². The van der Waals surface area contributed by atoms with Crippen molar-refractivity contribution in [3.8, 4) is 0 Å². The molecule has 0 radical (unpaired) electrons. The van der Waals surface area contributed by atoms with Gasteiger partial charge in [0.1, 0.15) is 12.7 Å². The lowest BCUT2D eigenvalue weighted by Gasteiger charge is -2.38. The highest BCUT2D eigenvalue weighted by Crippen LogP contribution is 2.29. The molecule has 7 heteroatoms. The Morgan fingerprint density at radius 2 is 1.73 bits per heavy atom. The van der Waals surface area contributed by atoms with E-state index in [9.17, 15) is 14.7 Å². The highest BCUT2D eigenvalue weighted by atomic mass is 16.5. The molecule has 1 heterocycles. The predicted octanol–water partition coefficient (Wildman–Crippen LogP) is 2.22. The van der Waals surface area contributed by atoms with Crippen molar-refractivity contribution in [2.24, 2.45) is 0 Å². The summed E-state index contributed by atoms with van der Waals surface area (Å²) < 4.78 is 5.60. The molecule has 0 spiro atoms. The second-order valence-corrected chi connectivity index (χ2v) is 6.05. The summed E-state index contributed by atoms with van der Waals surface area (Å²) in [5, 5.41) is 15.1. The number of aliphatic hydroxyl groups excluding tert-OH is 1. The summed E-state index contributed by atoms with van der Waals surface area (Å²) in [5.74, 6) is -0.156. The van der Waals surface area contributed by atoms with Crippen LogP contribution in [0.3, 0.4) is 0 Å². The van der Waals surface area contributed by atoms with Crippen molar-refractivity contribution >= 4 is 23.3 Å². The number of hydrogen-bond acceptors (Lipinski definition) is 4. The van der Waals surface area contributed by atoms with Gasteiger partial charge in [-0.05, 0) is 29.8 Å². The third-order valence-electron chi connectivity index (χ3n) is 4.34. The molecule has 136 valence electrons. The van der Waals surface area contributed by atoms with Gasteiger partial charge in [-0.2, -0.15) is 0 Å². The van der Waals surface area contributed by atoms with Gasteiger partial charge < -0.3 is 25.4 Å². The SMILES string of the molecule is CN1C(=O)CO[C@H](c2ccc(NC(=O)Nc3ccccc3)cc2)[C@H]1CO. The summed E-state index contributed by atoms with van der Waals surface area (Å²) in [4.78, 5) is 25.2. The Hall–Kier alpha value is -2.90. The number of aliphatic hydroxyl groups is 1. The zero-order chi connectivity index (χ0) is 18.5. The molecule has 0 aromatic heterocycles. The molecule has 2 aromatic carbocycles. The average molecular weight is 355 g/mol. The second kappa shape index (κ2) is 7.99. The van der Waals surface area contributed by atoms with E-state index in [0.717, 1.165) is 5.56 Å². The number of likely N-dealkylation sites (N-methyl/N-ethyl adjacent to an activating group) is 1. The minimum Gasteiger partial charge on any atom is -0.394 e. The molecule has 0 bridgehead atoms. The van der Waals surface area contributed by atoms with Gasteiger partial charge in [0.15, 0.2) is 0 Å². The van der Waals surface area contributed by atoms with E-state index in [1.165, 1.54) is 4.90 Å². The highest BCUT2D eigenvalue weighted by molar-refractivity contribution is 5.99. The number of para-hydroxylation sites is 1. The van der Waals surface area contributed by atoms with Crippen molar-refractivity contribution in [1.29, 1.82) is 0 Å². The lowest BCUT2D eigenvalue weighted by atomic mass is 9.99. The third-order valence-corrected chi connectivity index (χ3v) is 4.34. The molecule has 3 N–H and O–H groups in total. The van der Waals surface area contributed by atoms with Crippen LogP contribution in [0.15, 0.2) is 54.6 Å². The Balaban J connectivity index is 1.64. The number of rotatable bonds is 4. The molecular formula is C19H21N3O4. The number of benzene rings is 2. The van der Waals surface area contributed by atoms with Crippen LogP contribution in [0.25, 0.3) is 0 Å². The Bertz CT molecular complexity index is 764. The van der Waals surface area contributed by atoms with Crippen LogP contribution in [-0.2, 0) is 9.53 Å². The lowest BCUT2D eigenvalue weighted by molar-refractivity contribution is -0.157. The van der Waals surface area contributed by atoms with E-state index < -0.39 is 12.1 Å². The maximum Gasteiger partial charge on any atom is 0.323 e. The number of anilines is 2. The summed E-state index contributed by atoms with van der Waals surface area (Å²) >= 11 is 0. The van der Waals surface area contributed by atoms with Crippen molar-refractivity contribution < 1.29 is 19.4 Å². The molecule has 2 atom stereocenters. The molecule has 1 fully saturated rings. The fraction of sp³-hybridized carbons (Fsp3) is 0.263. The summed E-state index contributed by atoms with van der Waals surface area (Å²) in [6, 6.07) is 15.5. The number of amides is 3. The van der Waals surface area contributed by atoms with Gasteiger partial charge in [0.2, 0.25) is 5.91 Å². The van der Waals surface area contributed by atoms with Gasteiger partial charge >= 0.3 is 6.03 Å². The molecule has 0 unspecified atom stereocenters. The molecule has 2 aromatic rings. The molecule has 7 nitrogen and oxygen atoms in total. The molecular weight excluding hydrogens is 334 g/mol. The van der Waals surface area contributed by atoms with E-state index in [1.807, 2.05) is 30.3 Å². The van der Waals surface area contributed by atoms with Crippen LogP contribution >= 0.6 is 0 Å². The van der Waals surface area contributed by atoms with Crippen LogP contribution in [0.1, 0.15) is 11.7 Å². The van der Waals surface area contributed by atoms with Crippen LogP contribution in [0.4, 0.5) is 16.2 Å². The lowest BCUT2D eigenvalue weighted by Crippen LogP contribution is -2.50. The number of carbonyl (C=O) groups excluding carboxylic acids is 2. The number of nitrogens with zero attached hydrogens (tertiary/aromatic N) is 1. The van der Waals surface area contributed by atoms with Crippen LogP contribution < -0.4 is 10.6 Å². The fourth-order valence-electron chi connectivity index (χ4n) is 2.87. The minimum absolute atomic E-state index is 0.0167. The number of hydrogen-bond donors (Lipinski definition) is 3. The number of urea groups is 1. The topological polar surface area (TPSA) is 90.9 Å². The van der Waals surface area contributed by atoms with Crippen molar-refractivity contribution in [3.63, 3.8) is 0 Å². The Labute approximate surface area is 151 Å². The van der Waals surface area contributed by atoms with Crippen molar-refractivity contribution in [2.75, 3.05) is 30.9 Å². The molecule has 0 aliphatic carbocycles. The summed E-state index contributed by atoms with van der Waals surface area (Å²) in [5.41, 5.74) is 2.16. The fourth-order valence-corrected chi connectivity index (χ4v) is 2.87. The molecule has 1 saturated heterocycles. The van der Waals surface area contributed by atoms with E-state index >= 15 is 0 Å². The highest BCUT2D eigenvalue weighted by Gasteiger charge is 2.34. The van der Waals surface area contributed by atoms with E-state index in [-0.39, 0.29) is 25.2 Å². The van der Waals surface area contributed by atoms with E-state index in [1.54, 1.807) is 31.3 Å². The van der Waals surface area contributed by atoms with Gasteiger partial charge in [-0.1, -0.05) is 30.3 Å². The second-order valence-electron chi connectivity index (χ2n) is 6.05. The van der Waals surface area contributed by atoms with Crippen LogP contribution in [-0.4, -0.2) is 48.2 Å². The first-order valence-electron chi connectivity index (χ1n) is 8.29. The summed E-state index contributed by atoms with van der Waals surface area (Å²) in [7, 11) is 1.66. The van der Waals surface area contributed by atoms with Crippen LogP contribution in [0.2, 0.25) is 0 Å². The van der Waals surface area contributed by atoms with Crippen LogP contribution in [0.5, 0.6) is 0 Å². The van der Waals surface area contributed by atoms with Gasteiger partial charge in [0.05, 0.1) is 12.6 Å². The minimum atomic E-state index is -0.434. The summed E-state index contributed by atoms with van der Waals surface area (Å²) in [6.07, 6.45) is -0.408. The van der Waals surface area contributed by atoms with E-state index in [2.05, 4.69) is 10.6 Å². The van der Waals surface area contributed by atoms with E-state index in [4.69, 9.17) is 4.74 Å². The van der Waals surface area contributed by atoms with Gasteiger partial charge in [-0.15, -0.1) is 0 Å². The van der Waals surface area contributed by atoms with Gasteiger partial charge in [0.25, 0.3) is 0 Å². The molecule has 1 aliphatic heterocycles. The Kier molecular flexibility index (Phi) is 5.50. The Morgan fingerprint density at radius 1 is 1.12 bits per heavy atom. The molecule has 1 aliphatic rings. The largest absolute Gasteiger partial charge is 0.394 e. The monoisotopic (exact) mass is 355 g/mol. The molecule has 3 amide bonds. The van der Waals surface area contributed by atoms with Gasteiger partial charge in [0, 0.05) is 18.4 Å². The zero-order valence-corrected chi connectivity index (χ0v) is 14.4. The molecule has 0 saturated carbocycles.